The van der Waals surface area contributed by atoms with Gasteiger partial charge in [-0.25, -0.2) is 0 Å². The fourth-order valence-corrected chi connectivity index (χ4v) is 3.71. The standard InChI is InChI=1S/C20H20N8O/c1-10(6-11-7-12(21)8-16-18(11)20(29)28-25-16)15-9-17(26-24-15)22-19-13-4-2-3-5-14(13)23-27-19/h2-5,7-10H,6,21H2,1H3,(H2,25,28,29)(H3,22,23,24,26,27). The molecule has 0 aliphatic carbocycles. The Morgan fingerprint density at radius 3 is 2.83 bits per heavy atom. The summed E-state index contributed by atoms with van der Waals surface area (Å²) >= 11 is 0. The SMILES string of the molecule is CC(Cc1cc(N)cc2[nH][nH]c(=O)c12)c1cc(Nc2n[nH]c3ccccc23)n[nH]1. The maximum absolute atomic E-state index is 12.2. The Balaban J connectivity index is 1.39. The van der Waals surface area contributed by atoms with E-state index in [1.54, 1.807) is 6.07 Å². The molecule has 0 fully saturated rings. The van der Waals surface area contributed by atoms with Gasteiger partial charge in [-0.2, -0.15) is 10.2 Å². The zero-order chi connectivity index (χ0) is 20.0. The van der Waals surface area contributed by atoms with Crippen LogP contribution in [0.5, 0.6) is 0 Å². The molecule has 9 nitrogen and oxygen atoms in total. The largest absolute Gasteiger partial charge is 0.399 e. The number of benzene rings is 2. The van der Waals surface area contributed by atoms with E-state index in [0.29, 0.717) is 23.3 Å². The average Bonchev–Trinajstić information content (AvgIpc) is 3.42. The van der Waals surface area contributed by atoms with Crippen molar-refractivity contribution in [3.05, 3.63) is 64.1 Å². The number of rotatable bonds is 5. The summed E-state index contributed by atoms with van der Waals surface area (Å²) in [6.45, 7) is 2.08. The predicted molar refractivity (Wildman–Crippen MR) is 113 cm³/mol. The number of para-hydroxylation sites is 1. The quantitative estimate of drug-likeness (QED) is 0.256. The van der Waals surface area contributed by atoms with Gasteiger partial charge in [-0.05, 0) is 36.2 Å². The molecular weight excluding hydrogens is 368 g/mol. The lowest BCUT2D eigenvalue weighted by atomic mass is 9.95. The second kappa shape index (κ2) is 6.55. The van der Waals surface area contributed by atoms with Crippen molar-refractivity contribution in [3.63, 3.8) is 0 Å². The number of H-pyrrole nitrogens is 4. The van der Waals surface area contributed by atoms with Crippen molar-refractivity contribution in [2.45, 2.75) is 19.3 Å². The van der Waals surface area contributed by atoms with Crippen LogP contribution in [0.4, 0.5) is 17.3 Å². The van der Waals surface area contributed by atoms with E-state index in [1.807, 2.05) is 36.4 Å². The van der Waals surface area contributed by atoms with Crippen LogP contribution in [0.3, 0.4) is 0 Å². The normalized spacial score (nSPS) is 12.6. The lowest BCUT2D eigenvalue weighted by molar-refractivity contribution is 0.728. The average molecular weight is 388 g/mol. The van der Waals surface area contributed by atoms with E-state index in [2.05, 4.69) is 42.8 Å². The minimum atomic E-state index is -0.139. The summed E-state index contributed by atoms with van der Waals surface area (Å²) < 4.78 is 0. The highest BCUT2D eigenvalue weighted by Gasteiger charge is 2.16. The van der Waals surface area contributed by atoms with Crippen LogP contribution < -0.4 is 16.6 Å². The Morgan fingerprint density at radius 1 is 1.07 bits per heavy atom. The first-order valence-corrected chi connectivity index (χ1v) is 9.32. The third-order valence-corrected chi connectivity index (χ3v) is 5.15. The molecule has 2 aromatic carbocycles. The van der Waals surface area contributed by atoms with Crippen LogP contribution in [0, 0.1) is 0 Å². The maximum Gasteiger partial charge on any atom is 0.272 e. The first-order chi connectivity index (χ1) is 14.1. The van der Waals surface area contributed by atoms with Crippen molar-refractivity contribution in [3.8, 4) is 0 Å². The van der Waals surface area contributed by atoms with E-state index in [-0.39, 0.29) is 11.5 Å². The first-order valence-electron chi connectivity index (χ1n) is 9.32. The molecule has 0 saturated heterocycles. The third kappa shape index (κ3) is 3.02. The molecule has 0 bridgehead atoms. The fraction of sp³-hybridized carbons (Fsp3) is 0.150. The Hall–Kier alpha value is -4.01. The van der Waals surface area contributed by atoms with Gasteiger partial charge < -0.3 is 11.1 Å². The van der Waals surface area contributed by atoms with E-state index in [9.17, 15) is 4.79 Å². The van der Waals surface area contributed by atoms with Gasteiger partial charge in [0.25, 0.3) is 5.56 Å². The van der Waals surface area contributed by atoms with Gasteiger partial charge in [-0.1, -0.05) is 19.1 Å². The number of aromatic nitrogens is 6. The van der Waals surface area contributed by atoms with Crippen molar-refractivity contribution >= 4 is 39.1 Å². The number of hydrogen-bond acceptors (Lipinski definition) is 5. The van der Waals surface area contributed by atoms with E-state index in [4.69, 9.17) is 5.73 Å². The zero-order valence-corrected chi connectivity index (χ0v) is 15.7. The lowest BCUT2D eigenvalue weighted by Gasteiger charge is -2.10. The molecule has 146 valence electrons. The predicted octanol–water partition coefficient (Wildman–Crippen LogP) is 3.13. The summed E-state index contributed by atoms with van der Waals surface area (Å²) in [7, 11) is 0. The van der Waals surface area contributed by atoms with Gasteiger partial charge in [0.15, 0.2) is 11.6 Å². The van der Waals surface area contributed by atoms with Gasteiger partial charge in [0.05, 0.1) is 16.4 Å². The number of nitrogen functional groups attached to an aromatic ring is 1. The number of nitrogens with zero attached hydrogens (tertiary/aromatic N) is 2. The van der Waals surface area contributed by atoms with Gasteiger partial charge >= 0.3 is 0 Å². The highest BCUT2D eigenvalue weighted by Crippen LogP contribution is 2.27. The van der Waals surface area contributed by atoms with Crippen LogP contribution in [0.15, 0.2) is 47.3 Å². The summed E-state index contributed by atoms with van der Waals surface area (Å²) in [4.78, 5) is 12.2. The number of nitrogens with two attached hydrogens (primary N) is 1. The van der Waals surface area contributed by atoms with Gasteiger partial charge in [-0.15, -0.1) is 0 Å². The molecule has 3 heterocycles. The molecule has 5 aromatic rings. The van der Waals surface area contributed by atoms with Crippen molar-refractivity contribution in [1.82, 2.24) is 30.6 Å². The lowest BCUT2D eigenvalue weighted by Crippen LogP contribution is -2.05. The molecule has 1 atom stereocenters. The van der Waals surface area contributed by atoms with E-state index in [0.717, 1.165) is 33.5 Å². The topological polar surface area (TPSA) is 144 Å². The minimum Gasteiger partial charge on any atom is -0.399 e. The fourth-order valence-electron chi connectivity index (χ4n) is 3.71. The number of nitrogens with one attached hydrogen (secondary N) is 5. The first kappa shape index (κ1) is 17.1. The summed E-state index contributed by atoms with van der Waals surface area (Å²) in [5, 5.41) is 25.1. The molecule has 0 spiro atoms. The summed E-state index contributed by atoms with van der Waals surface area (Å²) in [5.41, 5.74) is 10.0. The number of fused-ring (bicyclic) bond motifs is 2. The summed E-state index contributed by atoms with van der Waals surface area (Å²) in [6.07, 6.45) is 0.648. The molecule has 7 N–H and O–H groups in total. The molecule has 1 unspecified atom stereocenters. The third-order valence-electron chi connectivity index (χ3n) is 5.15. The van der Waals surface area contributed by atoms with Crippen molar-refractivity contribution in [1.29, 1.82) is 0 Å². The Bertz CT molecular complexity index is 1370. The maximum atomic E-state index is 12.2. The molecule has 0 amide bonds. The number of aromatic amines is 4. The van der Waals surface area contributed by atoms with Crippen LogP contribution in [0.25, 0.3) is 21.8 Å². The Kier molecular flexibility index (Phi) is 3.87. The van der Waals surface area contributed by atoms with Crippen molar-refractivity contribution in [2.24, 2.45) is 0 Å². The molecule has 3 aromatic heterocycles. The van der Waals surface area contributed by atoms with E-state index in [1.165, 1.54) is 0 Å². The van der Waals surface area contributed by atoms with Gasteiger partial charge in [-0.3, -0.25) is 25.2 Å². The molecule has 29 heavy (non-hydrogen) atoms. The van der Waals surface area contributed by atoms with E-state index >= 15 is 0 Å². The van der Waals surface area contributed by atoms with Crippen molar-refractivity contribution < 1.29 is 0 Å². The highest BCUT2D eigenvalue weighted by molar-refractivity contribution is 5.91. The molecule has 5 rings (SSSR count). The van der Waals surface area contributed by atoms with Crippen LogP contribution in [-0.4, -0.2) is 30.6 Å². The summed E-state index contributed by atoms with van der Waals surface area (Å²) in [6, 6.07) is 13.5. The summed E-state index contributed by atoms with van der Waals surface area (Å²) in [5.74, 6) is 1.51. The van der Waals surface area contributed by atoms with Gasteiger partial charge in [0.2, 0.25) is 0 Å². The molecule has 0 aliphatic heterocycles. The molecule has 0 saturated carbocycles. The molecule has 0 radical (unpaired) electrons. The Morgan fingerprint density at radius 2 is 1.93 bits per heavy atom. The van der Waals surface area contributed by atoms with Crippen LogP contribution in [0.1, 0.15) is 24.1 Å². The highest BCUT2D eigenvalue weighted by atomic mass is 16.1. The van der Waals surface area contributed by atoms with Gasteiger partial charge in [0, 0.05) is 28.8 Å². The Labute approximate surface area is 164 Å². The van der Waals surface area contributed by atoms with E-state index < -0.39 is 0 Å². The zero-order valence-electron chi connectivity index (χ0n) is 15.7. The second-order valence-electron chi connectivity index (χ2n) is 7.24. The number of hydrogen-bond donors (Lipinski definition) is 6. The van der Waals surface area contributed by atoms with Crippen molar-refractivity contribution in [2.75, 3.05) is 11.1 Å². The van der Waals surface area contributed by atoms with Crippen LogP contribution >= 0.6 is 0 Å². The number of anilines is 3. The monoisotopic (exact) mass is 388 g/mol. The second-order valence-corrected chi connectivity index (χ2v) is 7.24. The van der Waals surface area contributed by atoms with Crippen LogP contribution in [-0.2, 0) is 6.42 Å². The molecular formula is C20H20N8O. The molecule has 0 aliphatic rings. The van der Waals surface area contributed by atoms with Gasteiger partial charge in [0.1, 0.15) is 0 Å². The molecule has 9 heteroatoms. The minimum absolute atomic E-state index is 0.105. The van der Waals surface area contributed by atoms with Crippen LogP contribution in [0.2, 0.25) is 0 Å². The smallest absolute Gasteiger partial charge is 0.272 e.